The quantitative estimate of drug-likeness (QED) is 0.896. The van der Waals surface area contributed by atoms with Gasteiger partial charge in [0.2, 0.25) is 0 Å². The van der Waals surface area contributed by atoms with Gasteiger partial charge in [-0.25, -0.2) is 0 Å². The van der Waals surface area contributed by atoms with Crippen molar-refractivity contribution in [1.82, 2.24) is 0 Å². The van der Waals surface area contributed by atoms with Crippen molar-refractivity contribution in [2.24, 2.45) is 5.73 Å². The summed E-state index contributed by atoms with van der Waals surface area (Å²) in [5.74, 6) is 0.890. The van der Waals surface area contributed by atoms with Gasteiger partial charge in [-0.15, -0.1) is 0 Å². The third-order valence-electron chi connectivity index (χ3n) is 2.51. The van der Waals surface area contributed by atoms with E-state index >= 15 is 0 Å². The fraction of sp³-hybridized carbons (Fsp3) is 0.286. The second-order valence-electron chi connectivity index (χ2n) is 4.27. The Balaban J connectivity index is 2.12. The summed E-state index contributed by atoms with van der Waals surface area (Å²) in [6.07, 6.45) is 0.200. The molecule has 0 fully saturated rings. The van der Waals surface area contributed by atoms with Crippen molar-refractivity contribution in [1.29, 1.82) is 0 Å². The van der Waals surface area contributed by atoms with Crippen LogP contribution in [0.2, 0.25) is 0 Å². The van der Waals surface area contributed by atoms with Gasteiger partial charge in [-0.05, 0) is 53.9 Å². The summed E-state index contributed by atoms with van der Waals surface area (Å²) in [5, 5.41) is 4.13. The van der Waals surface area contributed by atoms with E-state index in [1.807, 2.05) is 43.5 Å². The van der Waals surface area contributed by atoms with Crippen LogP contribution >= 0.6 is 11.3 Å². The third kappa shape index (κ3) is 3.08. The Morgan fingerprint density at radius 3 is 2.29 bits per heavy atom. The zero-order chi connectivity index (χ0) is 12.3. The number of ether oxygens (including phenoxy) is 1. The molecule has 0 saturated carbocycles. The molecule has 90 valence electrons. The maximum absolute atomic E-state index is 6.18. The van der Waals surface area contributed by atoms with Gasteiger partial charge in [0.15, 0.2) is 0 Å². The Labute approximate surface area is 106 Å². The molecule has 0 spiro atoms. The predicted molar refractivity (Wildman–Crippen MR) is 72.6 cm³/mol. The Bertz CT molecular complexity index is 448. The highest BCUT2D eigenvalue weighted by molar-refractivity contribution is 7.08. The van der Waals surface area contributed by atoms with E-state index in [4.69, 9.17) is 10.5 Å². The molecule has 0 aliphatic carbocycles. The van der Waals surface area contributed by atoms with Crippen LogP contribution in [-0.4, -0.2) is 6.10 Å². The van der Waals surface area contributed by atoms with Crippen molar-refractivity contribution in [3.8, 4) is 5.75 Å². The van der Waals surface area contributed by atoms with Gasteiger partial charge in [-0.1, -0.05) is 12.1 Å². The van der Waals surface area contributed by atoms with E-state index in [0.717, 1.165) is 16.9 Å². The maximum Gasteiger partial charge on any atom is 0.119 e. The zero-order valence-corrected chi connectivity index (χ0v) is 10.9. The molecule has 2 N–H and O–H groups in total. The SMILES string of the molecule is CC(C)Oc1ccc(C(N)c2ccsc2)cc1. The molecule has 3 heteroatoms. The van der Waals surface area contributed by atoms with Crippen molar-refractivity contribution in [3.63, 3.8) is 0 Å². The van der Waals surface area contributed by atoms with E-state index < -0.39 is 0 Å². The molecule has 1 aromatic heterocycles. The lowest BCUT2D eigenvalue weighted by Gasteiger charge is -2.13. The van der Waals surface area contributed by atoms with Crippen molar-refractivity contribution < 1.29 is 4.74 Å². The fourth-order valence-corrected chi connectivity index (χ4v) is 2.37. The number of nitrogens with two attached hydrogens (primary N) is 1. The second kappa shape index (κ2) is 5.34. The lowest BCUT2D eigenvalue weighted by atomic mass is 10.0. The molecule has 2 aromatic rings. The van der Waals surface area contributed by atoms with Crippen LogP contribution in [0, 0.1) is 0 Å². The van der Waals surface area contributed by atoms with E-state index in [9.17, 15) is 0 Å². The summed E-state index contributed by atoms with van der Waals surface area (Å²) in [6, 6.07) is 10.0. The van der Waals surface area contributed by atoms with Crippen LogP contribution in [0.3, 0.4) is 0 Å². The minimum absolute atomic E-state index is 0.0469. The van der Waals surface area contributed by atoms with Gasteiger partial charge in [-0.2, -0.15) is 11.3 Å². The minimum atomic E-state index is -0.0469. The summed E-state index contributed by atoms with van der Waals surface area (Å²) in [7, 11) is 0. The van der Waals surface area contributed by atoms with Crippen molar-refractivity contribution in [2.75, 3.05) is 0 Å². The molecule has 0 aliphatic rings. The van der Waals surface area contributed by atoms with Crippen LogP contribution in [0.1, 0.15) is 31.0 Å². The van der Waals surface area contributed by atoms with Crippen LogP contribution in [0.15, 0.2) is 41.1 Å². The van der Waals surface area contributed by atoms with Gasteiger partial charge in [0.05, 0.1) is 12.1 Å². The van der Waals surface area contributed by atoms with Gasteiger partial charge in [0.1, 0.15) is 5.75 Å². The molecular weight excluding hydrogens is 230 g/mol. The van der Waals surface area contributed by atoms with Gasteiger partial charge >= 0.3 is 0 Å². The molecule has 1 heterocycles. The van der Waals surface area contributed by atoms with E-state index in [0.29, 0.717) is 0 Å². The van der Waals surface area contributed by atoms with Crippen molar-refractivity contribution >= 4 is 11.3 Å². The molecule has 0 amide bonds. The zero-order valence-electron chi connectivity index (χ0n) is 10.1. The second-order valence-corrected chi connectivity index (χ2v) is 5.05. The highest BCUT2D eigenvalue weighted by Crippen LogP contribution is 2.23. The number of thiophene rings is 1. The van der Waals surface area contributed by atoms with Gasteiger partial charge in [0.25, 0.3) is 0 Å². The lowest BCUT2D eigenvalue weighted by molar-refractivity contribution is 0.242. The summed E-state index contributed by atoms with van der Waals surface area (Å²) >= 11 is 1.67. The number of hydrogen-bond donors (Lipinski definition) is 1. The molecule has 1 atom stereocenters. The average Bonchev–Trinajstić information content (AvgIpc) is 2.82. The summed E-state index contributed by atoms with van der Waals surface area (Å²) in [4.78, 5) is 0. The van der Waals surface area contributed by atoms with Crippen LogP contribution < -0.4 is 10.5 Å². The molecule has 2 rings (SSSR count). The minimum Gasteiger partial charge on any atom is -0.491 e. The number of rotatable bonds is 4. The average molecular weight is 247 g/mol. The Hall–Kier alpha value is -1.32. The van der Waals surface area contributed by atoms with Crippen molar-refractivity contribution in [3.05, 3.63) is 52.2 Å². The van der Waals surface area contributed by atoms with Gasteiger partial charge in [0, 0.05) is 0 Å². The van der Waals surface area contributed by atoms with Crippen LogP contribution in [-0.2, 0) is 0 Å². The first kappa shape index (κ1) is 12.1. The molecule has 0 saturated heterocycles. The molecule has 0 aliphatic heterocycles. The highest BCUT2D eigenvalue weighted by Gasteiger charge is 2.09. The Kier molecular flexibility index (Phi) is 3.82. The molecule has 0 radical (unpaired) electrons. The van der Waals surface area contributed by atoms with Gasteiger partial charge in [-0.3, -0.25) is 0 Å². The molecule has 1 unspecified atom stereocenters. The van der Waals surface area contributed by atoms with Crippen LogP contribution in [0.5, 0.6) is 5.75 Å². The van der Waals surface area contributed by atoms with E-state index in [-0.39, 0.29) is 12.1 Å². The molecule has 1 aromatic carbocycles. The molecule has 2 nitrogen and oxygen atoms in total. The highest BCUT2D eigenvalue weighted by atomic mass is 32.1. The summed E-state index contributed by atoms with van der Waals surface area (Å²) < 4.78 is 5.60. The smallest absolute Gasteiger partial charge is 0.119 e. The summed E-state index contributed by atoms with van der Waals surface area (Å²) in [5.41, 5.74) is 8.45. The van der Waals surface area contributed by atoms with E-state index in [2.05, 4.69) is 11.4 Å². The largest absolute Gasteiger partial charge is 0.491 e. The third-order valence-corrected chi connectivity index (χ3v) is 3.21. The van der Waals surface area contributed by atoms with E-state index in [1.54, 1.807) is 11.3 Å². The van der Waals surface area contributed by atoms with E-state index in [1.165, 1.54) is 0 Å². The standard InChI is InChI=1S/C14H17NOS/c1-10(2)16-13-5-3-11(4-6-13)14(15)12-7-8-17-9-12/h3-10,14H,15H2,1-2H3. The number of benzene rings is 1. The summed E-state index contributed by atoms with van der Waals surface area (Å²) in [6.45, 7) is 4.04. The Morgan fingerprint density at radius 2 is 1.76 bits per heavy atom. The topological polar surface area (TPSA) is 35.2 Å². The monoisotopic (exact) mass is 247 g/mol. The first-order chi connectivity index (χ1) is 8.16. The maximum atomic E-state index is 6.18. The lowest BCUT2D eigenvalue weighted by Crippen LogP contribution is -2.11. The van der Waals surface area contributed by atoms with Crippen molar-refractivity contribution in [2.45, 2.75) is 26.0 Å². The Morgan fingerprint density at radius 1 is 1.06 bits per heavy atom. The molecular formula is C14H17NOS. The molecule has 17 heavy (non-hydrogen) atoms. The normalized spacial score (nSPS) is 12.7. The molecule has 0 bridgehead atoms. The van der Waals surface area contributed by atoms with Crippen LogP contribution in [0.25, 0.3) is 0 Å². The number of hydrogen-bond acceptors (Lipinski definition) is 3. The predicted octanol–water partition coefficient (Wildman–Crippen LogP) is 3.58. The van der Waals surface area contributed by atoms with Crippen LogP contribution in [0.4, 0.5) is 0 Å². The first-order valence-electron chi connectivity index (χ1n) is 5.71. The van der Waals surface area contributed by atoms with Gasteiger partial charge < -0.3 is 10.5 Å². The fourth-order valence-electron chi connectivity index (χ4n) is 1.67. The first-order valence-corrected chi connectivity index (χ1v) is 6.65.